The van der Waals surface area contributed by atoms with Gasteiger partial charge < -0.3 is 15.1 Å². The molecule has 0 saturated carbocycles. The minimum Gasteiger partial charge on any atom is -0.477 e. The Labute approximate surface area is 141 Å². The molecule has 0 radical (unpaired) electrons. The number of rotatable bonds is 3. The van der Waals surface area contributed by atoms with Gasteiger partial charge in [-0.15, -0.1) is 11.3 Å². The van der Waals surface area contributed by atoms with Crippen LogP contribution >= 0.6 is 11.3 Å². The number of aliphatic carboxylic acids is 1. The molecule has 8 heteroatoms. The maximum atomic E-state index is 12.3. The van der Waals surface area contributed by atoms with Crippen LogP contribution in [0.25, 0.3) is 10.4 Å². The number of β-lactam (4-membered cyclic amide) rings is 1. The molecule has 0 bridgehead atoms. The second kappa shape index (κ2) is 4.90. The Morgan fingerprint density at radius 2 is 2.17 bits per heavy atom. The molecule has 2 aromatic heterocycles. The third-order valence-electron chi connectivity index (χ3n) is 4.89. The number of aromatic nitrogens is 2. The van der Waals surface area contributed by atoms with E-state index in [2.05, 4.69) is 4.98 Å². The largest absolute Gasteiger partial charge is 0.477 e. The molecular formula is C16H17N3O4S. The molecule has 4 heterocycles. The molecule has 126 valence electrons. The maximum absolute atomic E-state index is 12.3. The average Bonchev–Trinajstić information content (AvgIpc) is 3.11. The van der Waals surface area contributed by atoms with Gasteiger partial charge in [0.25, 0.3) is 0 Å². The molecule has 1 amide bonds. The number of amides is 1. The third-order valence-corrected chi connectivity index (χ3v) is 6.15. The smallest absolute Gasteiger partial charge is 0.352 e. The van der Waals surface area contributed by atoms with Crippen LogP contribution in [0.5, 0.6) is 0 Å². The molecule has 1 saturated heterocycles. The Morgan fingerprint density at radius 3 is 2.75 bits per heavy atom. The van der Waals surface area contributed by atoms with E-state index in [0.717, 1.165) is 21.2 Å². The number of nitrogens with zero attached hydrogens (tertiary/aromatic N) is 3. The molecule has 2 aliphatic heterocycles. The fourth-order valence-electron chi connectivity index (χ4n) is 3.82. The van der Waals surface area contributed by atoms with Crippen LogP contribution in [0.3, 0.4) is 0 Å². The number of fused-ring (bicyclic) bond motifs is 2. The molecule has 2 aromatic rings. The first-order valence-corrected chi connectivity index (χ1v) is 8.56. The summed E-state index contributed by atoms with van der Waals surface area (Å²) in [5.41, 5.74) is 1.62. The summed E-state index contributed by atoms with van der Waals surface area (Å²) >= 11 is 1.48. The monoisotopic (exact) mass is 347 g/mol. The Balaban J connectivity index is 1.82. The standard InChI is InChI=1S/C16H17N3O4S/c1-6-15-18(8(3)17-6)5-11(24-15)9-4-10-12(7(2)20)14(21)19(10)13(9)16(22)23/h5,7,10,12,20H,4H2,1-3H3,(H,22,23)/t7-,10-,12-/m1/s1. The predicted octanol–water partition coefficient (Wildman–Crippen LogP) is 1.42. The van der Waals surface area contributed by atoms with Crippen molar-refractivity contribution >= 4 is 33.6 Å². The van der Waals surface area contributed by atoms with Gasteiger partial charge in [0.2, 0.25) is 5.91 Å². The van der Waals surface area contributed by atoms with Crippen LogP contribution in [0.15, 0.2) is 11.9 Å². The van der Waals surface area contributed by atoms with Crippen LogP contribution < -0.4 is 0 Å². The maximum Gasteiger partial charge on any atom is 0.352 e. The van der Waals surface area contributed by atoms with Crippen LogP contribution in [0, 0.1) is 19.8 Å². The number of aliphatic hydroxyl groups is 1. The van der Waals surface area contributed by atoms with E-state index in [9.17, 15) is 19.8 Å². The number of aryl methyl sites for hydroxylation is 2. The molecule has 3 atom stereocenters. The molecular weight excluding hydrogens is 330 g/mol. The van der Waals surface area contributed by atoms with Crippen LogP contribution in [-0.2, 0) is 9.59 Å². The van der Waals surface area contributed by atoms with E-state index in [4.69, 9.17) is 0 Å². The van der Waals surface area contributed by atoms with Gasteiger partial charge in [-0.3, -0.25) is 9.20 Å². The number of carboxylic acids is 1. The Morgan fingerprint density at radius 1 is 1.46 bits per heavy atom. The summed E-state index contributed by atoms with van der Waals surface area (Å²) in [6.45, 7) is 5.40. The fraction of sp³-hybridized carbons (Fsp3) is 0.438. The van der Waals surface area contributed by atoms with Crippen molar-refractivity contribution < 1.29 is 19.8 Å². The molecule has 24 heavy (non-hydrogen) atoms. The van der Waals surface area contributed by atoms with Gasteiger partial charge in [-0.1, -0.05) is 0 Å². The summed E-state index contributed by atoms with van der Waals surface area (Å²) in [4.78, 5) is 31.6. The molecule has 4 rings (SSSR count). The zero-order chi connectivity index (χ0) is 17.3. The number of carbonyl (C=O) groups is 2. The van der Waals surface area contributed by atoms with Gasteiger partial charge >= 0.3 is 5.97 Å². The summed E-state index contributed by atoms with van der Waals surface area (Å²) in [6, 6.07) is -0.264. The molecule has 0 unspecified atom stereocenters. The Hall–Kier alpha value is -2.19. The highest BCUT2D eigenvalue weighted by atomic mass is 32.1. The van der Waals surface area contributed by atoms with E-state index in [1.807, 2.05) is 24.4 Å². The van der Waals surface area contributed by atoms with Gasteiger partial charge in [0, 0.05) is 11.8 Å². The van der Waals surface area contributed by atoms with Crippen molar-refractivity contribution in [2.24, 2.45) is 5.92 Å². The van der Waals surface area contributed by atoms with Gasteiger partial charge in [-0.05, 0) is 27.2 Å². The van der Waals surface area contributed by atoms with Crippen molar-refractivity contribution in [2.75, 3.05) is 0 Å². The van der Waals surface area contributed by atoms with Crippen molar-refractivity contribution in [3.8, 4) is 0 Å². The van der Waals surface area contributed by atoms with Crippen molar-refractivity contribution in [3.63, 3.8) is 0 Å². The quantitative estimate of drug-likeness (QED) is 0.819. The second-order valence-corrected chi connectivity index (χ2v) is 7.42. The van der Waals surface area contributed by atoms with Crippen molar-refractivity contribution in [1.29, 1.82) is 0 Å². The van der Waals surface area contributed by atoms with Crippen LogP contribution in [-0.4, -0.2) is 48.5 Å². The second-order valence-electron chi connectivity index (χ2n) is 6.39. The summed E-state index contributed by atoms with van der Waals surface area (Å²) < 4.78 is 1.95. The highest BCUT2D eigenvalue weighted by molar-refractivity contribution is 7.18. The lowest BCUT2D eigenvalue weighted by atomic mass is 9.83. The molecule has 2 N–H and O–H groups in total. The SMILES string of the molecule is Cc1nc(C)n2cc(C3=C(C(=O)O)N4C(=O)[C@H]([C@@H](C)O)[C@H]4C3)sc12. The zero-order valence-electron chi connectivity index (χ0n) is 13.5. The Bertz CT molecular complexity index is 889. The third kappa shape index (κ3) is 1.83. The van der Waals surface area contributed by atoms with E-state index >= 15 is 0 Å². The minimum atomic E-state index is -1.10. The Kier molecular flexibility index (Phi) is 3.14. The highest BCUT2D eigenvalue weighted by Crippen LogP contribution is 2.48. The van der Waals surface area contributed by atoms with Crippen molar-refractivity contribution in [2.45, 2.75) is 39.3 Å². The number of aliphatic hydroxyl groups excluding tert-OH is 1. The summed E-state index contributed by atoms with van der Waals surface area (Å²) in [5.74, 6) is -1.08. The molecule has 0 aromatic carbocycles. The first-order valence-electron chi connectivity index (χ1n) is 7.74. The van der Waals surface area contributed by atoms with Gasteiger partial charge in [0.05, 0.1) is 28.6 Å². The number of thiazole rings is 1. The zero-order valence-corrected chi connectivity index (χ0v) is 14.3. The van der Waals surface area contributed by atoms with Crippen LogP contribution in [0.2, 0.25) is 0 Å². The molecule has 7 nitrogen and oxygen atoms in total. The number of imidazole rings is 1. The molecule has 0 spiro atoms. The first kappa shape index (κ1) is 15.3. The van der Waals surface area contributed by atoms with Gasteiger partial charge in [-0.25, -0.2) is 9.78 Å². The summed E-state index contributed by atoms with van der Waals surface area (Å²) in [7, 11) is 0. The molecule has 0 aliphatic carbocycles. The van der Waals surface area contributed by atoms with E-state index < -0.39 is 18.0 Å². The average molecular weight is 347 g/mol. The topological polar surface area (TPSA) is 95.1 Å². The summed E-state index contributed by atoms with van der Waals surface area (Å²) in [6.07, 6.45) is 1.57. The first-order chi connectivity index (χ1) is 11.3. The van der Waals surface area contributed by atoms with Crippen molar-refractivity contribution in [1.82, 2.24) is 14.3 Å². The van der Waals surface area contributed by atoms with E-state index in [0.29, 0.717) is 12.0 Å². The van der Waals surface area contributed by atoms with Crippen molar-refractivity contribution in [3.05, 3.63) is 28.3 Å². The van der Waals surface area contributed by atoms with Crippen LogP contribution in [0.4, 0.5) is 0 Å². The fourth-order valence-corrected chi connectivity index (χ4v) is 4.96. The lowest BCUT2D eigenvalue weighted by Gasteiger charge is -2.44. The lowest BCUT2D eigenvalue weighted by molar-refractivity contribution is -0.161. The summed E-state index contributed by atoms with van der Waals surface area (Å²) in [5, 5.41) is 19.4. The molecule has 2 aliphatic rings. The van der Waals surface area contributed by atoms with Crippen LogP contribution in [0.1, 0.15) is 29.7 Å². The minimum absolute atomic E-state index is 0.0506. The van der Waals surface area contributed by atoms with Gasteiger partial charge in [0.15, 0.2) is 0 Å². The van der Waals surface area contributed by atoms with Gasteiger partial charge in [-0.2, -0.15) is 0 Å². The number of carboxylic acid groups (broad SMARTS) is 1. The normalized spacial score (nSPS) is 24.5. The van der Waals surface area contributed by atoms with E-state index in [1.165, 1.54) is 16.2 Å². The number of hydrogen-bond donors (Lipinski definition) is 2. The lowest BCUT2D eigenvalue weighted by Crippen LogP contribution is -2.61. The highest BCUT2D eigenvalue weighted by Gasteiger charge is 2.56. The van der Waals surface area contributed by atoms with Gasteiger partial charge in [0.1, 0.15) is 16.4 Å². The number of hydrogen-bond acceptors (Lipinski definition) is 5. The number of carbonyl (C=O) groups excluding carboxylic acids is 1. The van der Waals surface area contributed by atoms with E-state index in [-0.39, 0.29) is 17.6 Å². The molecule has 1 fully saturated rings. The van der Waals surface area contributed by atoms with E-state index in [1.54, 1.807) is 6.92 Å². The predicted molar refractivity (Wildman–Crippen MR) is 87.5 cm³/mol.